The summed E-state index contributed by atoms with van der Waals surface area (Å²) in [6.07, 6.45) is 0.912. The highest BCUT2D eigenvalue weighted by Crippen LogP contribution is 2.28. The van der Waals surface area contributed by atoms with Gasteiger partial charge in [0.25, 0.3) is 0 Å². The minimum Gasteiger partial charge on any atom is -0.354 e. The van der Waals surface area contributed by atoms with Gasteiger partial charge in [0, 0.05) is 25.3 Å². The Morgan fingerprint density at radius 2 is 2.10 bits per heavy atom. The average Bonchev–Trinajstić information content (AvgIpc) is 2.89. The van der Waals surface area contributed by atoms with Crippen molar-refractivity contribution in [1.82, 2.24) is 10.2 Å². The number of piperazine rings is 1. The molecule has 1 aromatic carbocycles. The van der Waals surface area contributed by atoms with Gasteiger partial charge in [0.15, 0.2) is 0 Å². The summed E-state index contributed by atoms with van der Waals surface area (Å²) in [6, 6.07) is 7.78. The number of para-hydroxylation sites is 1. The van der Waals surface area contributed by atoms with Crippen molar-refractivity contribution in [1.29, 1.82) is 0 Å². The van der Waals surface area contributed by atoms with Gasteiger partial charge in [0.1, 0.15) is 0 Å². The summed E-state index contributed by atoms with van der Waals surface area (Å²) in [5.41, 5.74) is 2.25. The number of hydrogen-bond donors (Lipinski definition) is 1. The molecule has 1 atom stereocenters. The largest absolute Gasteiger partial charge is 0.354 e. The van der Waals surface area contributed by atoms with E-state index in [4.69, 9.17) is 0 Å². The van der Waals surface area contributed by atoms with E-state index in [2.05, 4.69) is 11.4 Å². The Labute approximate surface area is 118 Å². The van der Waals surface area contributed by atoms with E-state index >= 15 is 0 Å². The third kappa shape index (κ3) is 2.29. The lowest BCUT2D eigenvalue weighted by molar-refractivity contribution is -0.128. The molecule has 1 aromatic rings. The van der Waals surface area contributed by atoms with Crippen molar-refractivity contribution in [3.8, 4) is 0 Å². The van der Waals surface area contributed by atoms with Crippen LogP contribution < -0.4 is 10.2 Å². The van der Waals surface area contributed by atoms with Gasteiger partial charge in [0.2, 0.25) is 11.8 Å². The maximum Gasteiger partial charge on any atom is 0.244 e. The van der Waals surface area contributed by atoms with Gasteiger partial charge in [-0.05, 0) is 25.0 Å². The fourth-order valence-corrected chi connectivity index (χ4v) is 2.94. The number of nitrogens with zero attached hydrogens (tertiary/aromatic N) is 2. The van der Waals surface area contributed by atoms with Gasteiger partial charge in [-0.25, -0.2) is 0 Å². The first kappa shape index (κ1) is 13.1. The number of benzene rings is 1. The highest BCUT2D eigenvalue weighted by Gasteiger charge is 2.32. The third-order valence-corrected chi connectivity index (χ3v) is 4.13. The van der Waals surface area contributed by atoms with E-state index in [-0.39, 0.29) is 17.9 Å². The van der Waals surface area contributed by atoms with Crippen molar-refractivity contribution in [3.05, 3.63) is 29.8 Å². The second-order valence-electron chi connectivity index (χ2n) is 5.36. The van der Waals surface area contributed by atoms with Crippen LogP contribution in [0, 0.1) is 0 Å². The number of carbonyl (C=O) groups excluding carboxylic acids is 2. The molecular weight excluding hydrogens is 254 g/mol. The first-order chi connectivity index (χ1) is 9.66. The Kier molecular flexibility index (Phi) is 3.44. The summed E-state index contributed by atoms with van der Waals surface area (Å²) >= 11 is 0. The lowest BCUT2D eigenvalue weighted by Gasteiger charge is -2.33. The van der Waals surface area contributed by atoms with Crippen LogP contribution in [0.25, 0.3) is 0 Å². The molecule has 2 amide bonds. The van der Waals surface area contributed by atoms with E-state index < -0.39 is 0 Å². The average molecular weight is 273 g/mol. The third-order valence-electron chi connectivity index (χ3n) is 4.13. The summed E-state index contributed by atoms with van der Waals surface area (Å²) in [5, 5.41) is 2.79. The maximum atomic E-state index is 12.7. The molecule has 0 radical (unpaired) electrons. The van der Waals surface area contributed by atoms with E-state index in [1.165, 1.54) is 5.56 Å². The van der Waals surface area contributed by atoms with Crippen molar-refractivity contribution in [2.45, 2.75) is 19.4 Å². The van der Waals surface area contributed by atoms with E-state index in [9.17, 15) is 9.59 Å². The highest BCUT2D eigenvalue weighted by atomic mass is 16.2. The molecule has 1 N–H and O–H groups in total. The lowest BCUT2D eigenvalue weighted by Crippen LogP contribution is -2.55. The fourth-order valence-electron chi connectivity index (χ4n) is 2.94. The molecule has 1 saturated heterocycles. The molecule has 2 aliphatic heterocycles. The zero-order valence-electron chi connectivity index (χ0n) is 11.6. The van der Waals surface area contributed by atoms with Gasteiger partial charge in [0.05, 0.1) is 12.6 Å². The number of rotatable bonds is 2. The van der Waals surface area contributed by atoms with Crippen molar-refractivity contribution in [3.63, 3.8) is 0 Å². The maximum absolute atomic E-state index is 12.7. The van der Waals surface area contributed by atoms with Gasteiger partial charge >= 0.3 is 0 Å². The number of anilines is 1. The molecule has 0 unspecified atom stereocenters. The lowest BCUT2D eigenvalue weighted by atomic mass is 10.1. The fraction of sp³-hybridized carbons (Fsp3) is 0.467. The second-order valence-corrected chi connectivity index (χ2v) is 5.36. The van der Waals surface area contributed by atoms with E-state index in [0.717, 1.165) is 25.2 Å². The molecule has 0 bridgehead atoms. The van der Waals surface area contributed by atoms with Crippen LogP contribution in [0.2, 0.25) is 0 Å². The summed E-state index contributed by atoms with van der Waals surface area (Å²) in [6.45, 7) is 4.29. The smallest absolute Gasteiger partial charge is 0.244 e. The minimum absolute atomic E-state index is 0.00211. The number of nitrogens with one attached hydrogen (secondary N) is 1. The Bertz CT molecular complexity index is 544. The number of fused-ring (bicyclic) bond motifs is 1. The predicted octanol–water partition coefficient (Wildman–Crippen LogP) is 0.396. The number of amides is 2. The first-order valence-electron chi connectivity index (χ1n) is 7.07. The Hall–Kier alpha value is -1.88. The second kappa shape index (κ2) is 5.25. The van der Waals surface area contributed by atoms with Crippen LogP contribution in [0.3, 0.4) is 0 Å². The molecule has 0 aromatic heterocycles. The highest BCUT2D eigenvalue weighted by molar-refractivity contribution is 5.99. The predicted molar refractivity (Wildman–Crippen MR) is 76.5 cm³/mol. The molecule has 0 spiro atoms. The summed E-state index contributed by atoms with van der Waals surface area (Å²) in [7, 11) is 0. The zero-order chi connectivity index (χ0) is 14.1. The number of hydrogen-bond acceptors (Lipinski definition) is 3. The van der Waals surface area contributed by atoms with Crippen LogP contribution in [-0.2, 0) is 16.0 Å². The van der Waals surface area contributed by atoms with Crippen LogP contribution in [0.4, 0.5) is 5.69 Å². The van der Waals surface area contributed by atoms with Gasteiger partial charge in [-0.3, -0.25) is 14.5 Å². The molecule has 0 aliphatic carbocycles. The molecule has 3 rings (SSSR count). The zero-order valence-corrected chi connectivity index (χ0v) is 11.6. The van der Waals surface area contributed by atoms with Crippen molar-refractivity contribution >= 4 is 17.5 Å². The van der Waals surface area contributed by atoms with Crippen LogP contribution in [-0.4, -0.2) is 48.9 Å². The molecule has 5 heteroatoms. The van der Waals surface area contributed by atoms with Crippen LogP contribution >= 0.6 is 0 Å². The quantitative estimate of drug-likeness (QED) is 0.848. The molecule has 20 heavy (non-hydrogen) atoms. The summed E-state index contributed by atoms with van der Waals surface area (Å²) in [5.74, 6) is 0.0855. The van der Waals surface area contributed by atoms with Gasteiger partial charge in [-0.15, -0.1) is 0 Å². The minimum atomic E-state index is -0.257. The Morgan fingerprint density at radius 1 is 1.30 bits per heavy atom. The van der Waals surface area contributed by atoms with Gasteiger partial charge in [-0.1, -0.05) is 18.2 Å². The molecule has 1 fully saturated rings. The normalized spacial score (nSPS) is 20.4. The SMILES string of the molecule is C[C@@H](C(=O)N1CCc2ccccc21)N1CCNC(=O)C1. The molecule has 2 heterocycles. The van der Waals surface area contributed by atoms with Gasteiger partial charge < -0.3 is 10.2 Å². The van der Waals surface area contributed by atoms with Crippen LogP contribution in [0.5, 0.6) is 0 Å². The first-order valence-corrected chi connectivity index (χ1v) is 7.07. The van der Waals surface area contributed by atoms with Crippen LogP contribution in [0.15, 0.2) is 24.3 Å². The van der Waals surface area contributed by atoms with E-state index in [1.807, 2.05) is 34.9 Å². The summed E-state index contributed by atoms with van der Waals surface area (Å²) in [4.78, 5) is 27.9. The molecule has 106 valence electrons. The standard InChI is InChI=1S/C15H19N3O2/c1-11(17-9-7-16-14(19)10-17)15(20)18-8-6-12-4-2-3-5-13(12)18/h2-5,11H,6-10H2,1H3,(H,16,19)/t11-/m0/s1. The topological polar surface area (TPSA) is 52.7 Å². The molecular formula is C15H19N3O2. The Morgan fingerprint density at radius 3 is 2.90 bits per heavy atom. The molecule has 5 nitrogen and oxygen atoms in total. The monoisotopic (exact) mass is 273 g/mol. The van der Waals surface area contributed by atoms with Crippen molar-refractivity contribution in [2.75, 3.05) is 31.1 Å². The molecule has 2 aliphatic rings. The van der Waals surface area contributed by atoms with Crippen molar-refractivity contribution in [2.24, 2.45) is 0 Å². The van der Waals surface area contributed by atoms with E-state index in [1.54, 1.807) is 0 Å². The Balaban J connectivity index is 1.75. The summed E-state index contributed by atoms with van der Waals surface area (Å²) < 4.78 is 0. The van der Waals surface area contributed by atoms with Crippen molar-refractivity contribution < 1.29 is 9.59 Å². The van der Waals surface area contributed by atoms with Crippen LogP contribution in [0.1, 0.15) is 12.5 Å². The van der Waals surface area contributed by atoms with Gasteiger partial charge in [-0.2, -0.15) is 0 Å². The number of carbonyl (C=O) groups is 2. The molecule has 0 saturated carbocycles. The van der Waals surface area contributed by atoms with E-state index in [0.29, 0.717) is 13.1 Å².